The highest BCUT2D eigenvalue weighted by atomic mass is 16.5. The Morgan fingerprint density at radius 3 is 2.59 bits per heavy atom. The van der Waals surface area contributed by atoms with Crippen LogP contribution in [-0.2, 0) is 6.61 Å². The van der Waals surface area contributed by atoms with Crippen molar-refractivity contribution in [2.24, 2.45) is 0 Å². The fourth-order valence-corrected chi connectivity index (χ4v) is 4.00. The van der Waals surface area contributed by atoms with E-state index in [2.05, 4.69) is 16.3 Å². The molecule has 1 heterocycles. The van der Waals surface area contributed by atoms with Crippen LogP contribution in [0, 0.1) is 11.3 Å². The summed E-state index contributed by atoms with van der Waals surface area (Å²) in [5.41, 5.74) is 2.55. The Morgan fingerprint density at radius 2 is 1.79 bits per heavy atom. The summed E-state index contributed by atoms with van der Waals surface area (Å²) in [4.78, 5) is 15.4. The molecular weight excluding hydrogens is 426 g/mol. The van der Waals surface area contributed by atoms with Crippen molar-refractivity contribution in [1.82, 2.24) is 4.90 Å². The molecule has 1 aliphatic heterocycles. The molecule has 1 amide bonds. The van der Waals surface area contributed by atoms with Gasteiger partial charge < -0.3 is 19.7 Å². The summed E-state index contributed by atoms with van der Waals surface area (Å²) in [6.07, 6.45) is 3.52. The van der Waals surface area contributed by atoms with Gasteiger partial charge >= 0.3 is 0 Å². The first-order chi connectivity index (χ1) is 16.7. The maximum atomic E-state index is 13.0. The molecule has 1 fully saturated rings. The van der Waals surface area contributed by atoms with E-state index < -0.39 is 0 Å². The molecule has 0 radical (unpaired) electrons. The zero-order valence-electron chi connectivity index (χ0n) is 19.2. The lowest BCUT2D eigenvalue weighted by Crippen LogP contribution is -2.21. The van der Waals surface area contributed by atoms with Gasteiger partial charge in [0.15, 0.2) is 0 Å². The Morgan fingerprint density at radius 1 is 0.971 bits per heavy atom. The van der Waals surface area contributed by atoms with E-state index in [1.165, 1.54) is 25.9 Å². The Hall–Kier alpha value is -3.82. The van der Waals surface area contributed by atoms with Crippen molar-refractivity contribution in [1.29, 1.82) is 5.26 Å². The standard InChI is InChI=1S/C28H29N3O3/c29-20-22-8-6-9-23(18-22)21-34-27-19-25(33-17-7-16-31-14-4-5-15-31)12-13-26(27)28(32)30-24-10-2-1-3-11-24/h1-3,6,8-13,18-19H,4-5,7,14-17,21H2,(H,30,32). The maximum absolute atomic E-state index is 13.0. The molecule has 0 aromatic heterocycles. The topological polar surface area (TPSA) is 74.6 Å². The molecule has 3 aromatic rings. The molecule has 0 aliphatic carbocycles. The fourth-order valence-electron chi connectivity index (χ4n) is 4.00. The van der Waals surface area contributed by atoms with Crippen LogP contribution in [0.1, 0.15) is 40.7 Å². The Kier molecular flexibility index (Phi) is 8.15. The first-order valence-corrected chi connectivity index (χ1v) is 11.7. The van der Waals surface area contributed by atoms with E-state index >= 15 is 0 Å². The van der Waals surface area contributed by atoms with Crippen molar-refractivity contribution in [3.05, 3.63) is 89.5 Å². The number of nitrogens with zero attached hydrogens (tertiary/aromatic N) is 2. The van der Waals surface area contributed by atoms with E-state index in [1.807, 2.05) is 42.5 Å². The van der Waals surface area contributed by atoms with Gasteiger partial charge in [0.05, 0.1) is 23.8 Å². The maximum Gasteiger partial charge on any atom is 0.259 e. The van der Waals surface area contributed by atoms with E-state index in [0.29, 0.717) is 34.9 Å². The number of nitriles is 1. The highest BCUT2D eigenvalue weighted by Gasteiger charge is 2.15. The Bertz CT molecular complexity index is 1140. The zero-order valence-corrected chi connectivity index (χ0v) is 19.2. The summed E-state index contributed by atoms with van der Waals surface area (Å²) in [6, 6.07) is 24.0. The lowest BCUT2D eigenvalue weighted by molar-refractivity contribution is 0.102. The van der Waals surface area contributed by atoms with Crippen LogP contribution in [-0.4, -0.2) is 37.0 Å². The number of amides is 1. The fraction of sp³-hybridized carbons (Fsp3) is 0.286. The minimum absolute atomic E-state index is 0.236. The molecule has 0 bridgehead atoms. The van der Waals surface area contributed by atoms with Crippen LogP contribution in [0.5, 0.6) is 11.5 Å². The SMILES string of the molecule is N#Cc1cccc(COc2cc(OCCCN3CCCC3)ccc2C(=O)Nc2ccccc2)c1. The van der Waals surface area contributed by atoms with E-state index in [9.17, 15) is 4.79 Å². The largest absolute Gasteiger partial charge is 0.493 e. The van der Waals surface area contributed by atoms with Crippen molar-refractivity contribution in [2.45, 2.75) is 25.9 Å². The van der Waals surface area contributed by atoms with Crippen molar-refractivity contribution in [2.75, 3.05) is 31.6 Å². The molecule has 1 N–H and O–H groups in total. The zero-order chi connectivity index (χ0) is 23.6. The summed E-state index contributed by atoms with van der Waals surface area (Å²) >= 11 is 0. The predicted octanol–water partition coefficient (Wildman–Crippen LogP) is 5.25. The Balaban J connectivity index is 1.45. The first-order valence-electron chi connectivity index (χ1n) is 11.7. The van der Waals surface area contributed by atoms with Crippen molar-refractivity contribution in [3.63, 3.8) is 0 Å². The van der Waals surface area contributed by atoms with Crippen LogP contribution >= 0.6 is 0 Å². The molecule has 3 aromatic carbocycles. The van der Waals surface area contributed by atoms with Crippen LogP contribution in [0.15, 0.2) is 72.8 Å². The van der Waals surface area contributed by atoms with E-state index in [-0.39, 0.29) is 12.5 Å². The van der Waals surface area contributed by atoms with Gasteiger partial charge in [0, 0.05) is 18.3 Å². The number of hydrogen-bond acceptors (Lipinski definition) is 5. The number of rotatable bonds is 10. The third kappa shape index (κ3) is 6.60. The first kappa shape index (κ1) is 23.3. The van der Waals surface area contributed by atoms with Crippen molar-refractivity contribution < 1.29 is 14.3 Å². The number of nitrogens with one attached hydrogen (secondary N) is 1. The summed E-state index contributed by atoms with van der Waals surface area (Å²) < 4.78 is 12.0. The summed E-state index contributed by atoms with van der Waals surface area (Å²) in [6.45, 7) is 4.23. The molecule has 174 valence electrons. The van der Waals surface area contributed by atoms with Crippen LogP contribution in [0.4, 0.5) is 5.69 Å². The van der Waals surface area contributed by atoms with Gasteiger partial charge in [-0.3, -0.25) is 4.79 Å². The second-order valence-electron chi connectivity index (χ2n) is 8.33. The molecular formula is C28H29N3O3. The normalized spacial score (nSPS) is 13.3. The van der Waals surface area contributed by atoms with Crippen LogP contribution < -0.4 is 14.8 Å². The third-order valence-corrected chi connectivity index (χ3v) is 5.77. The van der Waals surface area contributed by atoms with E-state index in [1.54, 1.807) is 30.3 Å². The average molecular weight is 456 g/mol. The second-order valence-corrected chi connectivity index (χ2v) is 8.33. The van der Waals surface area contributed by atoms with Crippen LogP contribution in [0.25, 0.3) is 0 Å². The van der Waals surface area contributed by atoms with Gasteiger partial charge in [0.1, 0.15) is 18.1 Å². The molecule has 0 atom stereocenters. The number of carbonyl (C=O) groups is 1. The minimum atomic E-state index is -0.257. The molecule has 6 heteroatoms. The number of benzene rings is 3. The number of para-hydroxylation sites is 1. The number of ether oxygens (including phenoxy) is 2. The monoisotopic (exact) mass is 455 g/mol. The number of carbonyl (C=O) groups excluding carboxylic acids is 1. The molecule has 4 rings (SSSR count). The van der Waals surface area contributed by atoms with Crippen molar-refractivity contribution in [3.8, 4) is 17.6 Å². The van der Waals surface area contributed by atoms with Gasteiger partial charge in [-0.25, -0.2) is 0 Å². The molecule has 1 saturated heterocycles. The summed E-state index contributed by atoms with van der Waals surface area (Å²) in [5.74, 6) is 0.846. The smallest absolute Gasteiger partial charge is 0.259 e. The predicted molar refractivity (Wildman–Crippen MR) is 132 cm³/mol. The minimum Gasteiger partial charge on any atom is -0.493 e. The van der Waals surface area contributed by atoms with E-state index in [0.717, 1.165) is 18.5 Å². The Labute approximate surface area is 200 Å². The number of anilines is 1. The van der Waals surface area contributed by atoms with Gasteiger partial charge in [0.25, 0.3) is 5.91 Å². The van der Waals surface area contributed by atoms with Crippen LogP contribution in [0.2, 0.25) is 0 Å². The lowest BCUT2D eigenvalue weighted by atomic mass is 10.1. The van der Waals surface area contributed by atoms with Gasteiger partial charge in [-0.05, 0) is 74.3 Å². The molecule has 0 unspecified atom stereocenters. The molecule has 6 nitrogen and oxygen atoms in total. The number of likely N-dealkylation sites (tertiary alicyclic amines) is 1. The highest BCUT2D eigenvalue weighted by molar-refractivity contribution is 6.06. The molecule has 1 aliphatic rings. The van der Waals surface area contributed by atoms with Crippen LogP contribution in [0.3, 0.4) is 0 Å². The lowest BCUT2D eigenvalue weighted by Gasteiger charge is -2.16. The van der Waals surface area contributed by atoms with E-state index in [4.69, 9.17) is 14.7 Å². The van der Waals surface area contributed by atoms with Gasteiger partial charge in [0.2, 0.25) is 0 Å². The third-order valence-electron chi connectivity index (χ3n) is 5.77. The van der Waals surface area contributed by atoms with Gasteiger partial charge in [-0.2, -0.15) is 5.26 Å². The molecule has 34 heavy (non-hydrogen) atoms. The van der Waals surface area contributed by atoms with Crippen molar-refractivity contribution >= 4 is 11.6 Å². The summed E-state index contributed by atoms with van der Waals surface area (Å²) in [5, 5.41) is 12.1. The van der Waals surface area contributed by atoms with Gasteiger partial charge in [-0.1, -0.05) is 30.3 Å². The summed E-state index contributed by atoms with van der Waals surface area (Å²) in [7, 11) is 0. The quantitative estimate of drug-likeness (QED) is 0.423. The molecule has 0 saturated carbocycles. The molecule has 0 spiro atoms. The highest BCUT2D eigenvalue weighted by Crippen LogP contribution is 2.27. The van der Waals surface area contributed by atoms with Gasteiger partial charge in [-0.15, -0.1) is 0 Å². The number of hydrogen-bond donors (Lipinski definition) is 1. The second kappa shape index (κ2) is 11.9. The average Bonchev–Trinajstić information content (AvgIpc) is 3.40.